The van der Waals surface area contributed by atoms with Gasteiger partial charge in [-0.15, -0.1) is 11.3 Å². The lowest BCUT2D eigenvalue weighted by Crippen LogP contribution is -2.45. The lowest BCUT2D eigenvalue weighted by molar-refractivity contribution is -0.121. The second-order valence-corrected chi connectivity index (χ2v) is 6.30. The predicted octanol–water partition coefficient (Wildman–Crippen LogP) is 2.10. The van der Waals surface area contributed by atoms with Crippen molar-refractivity contribution in [2.24, 2.45) is 0 Å². The average molecular weight is 289 g/mol. The number of aryl methyl sites for hydroxylation is 1. The summed E-state index contributed by atoms with van der Waals surface area (Å²) < 4.78 is 1.19. The van der Waals surface area contributed by atoms with Crippen molar-refractivity contribution in [3.05, 3.63) is 29.3 Å². The summed E-state index contributed by atoms with van der Waals surface area (Å²) in [6.07, 6.45) is 3.48. The van der Waals surface area contributed by atoms with Crippen LogP contribution in [0.5, 0.6) is 0 Å². The van der Waals surface area contributed by atoms with Gasteiger partial charge in [0.15, 0.2) is 0 Å². The normalized spacial score (nSPS) is 19.1. The van der Waals surface area contributed by atoms with Crippen molar-refractivity contribution < 1.29 is 4.79 Å². The quantitative estimate of drug-likeness (QED) is 0.906. The van der Waals surface area contributed by atoms with Gasteiger partial charge in [0.1, 0.15) is 0 Å². The standard InChI is InChI=1S/C15H19N3OS/c19-14(17-11-4-3-9-16-10-11)7-8-15-18-12-5-1-2-6-13(12)20-15/h1-2,5-6,11,16H,3-4,7-10H2,(H,17,19)/t11-/m0/s1. The van der Waals surface area contributed by atoms with Gasteiger partial charge in [0.25, 0.3) is 0 Å². The molecule has 0 unspecified atom stereocenters. The van der Waals surface area contributed by atoms with Crippen molar-refractivity contribution in [2.45, 2.75) is 31.7 Å². The molecular weight excluding hydrogens is 270 g/mol. The molecule has 4 nitrogen and oxygen atoms in total. The molecular formula is C15H19N3OS. The van der Waals surface area contributed by atoms with Crippen LogP contribution in [0.3, 0.4) is 0 Å². The van der Waals surface area contributed by atoms with E-state index in [4.69, 9.17) is 0 Å². The van der Waals surface area contributed by atoms with Crippen molar-refractivity contribution in [1.29, 1.82) is 0 Å². The lowest BCUT2D eigenvalue weighted by Gasteiger charge is -2.23. The third-order valence-corrected chi connectivity index (χ3v) is 4.66. The molecule has 2 heterocycles. The molecule has 1 atom stereocenters. The predicted molar refractivity (Wildman–Crippen MR) is 82.0 cm³/mol. The zero-order valence-electron chi connectivity index (χ0n) is 11.4. The molecule has 2 N–H and O–H groups in total. The van der Waals surface area contributed by atoms with Gasteiger partial charge in [0.05, 0.1) is 15.2 Å². The summed E-state index contributed by atoms with van der Waals surface area (Å²) in [5.41, 5.74) is 1.03. The summed E-state index contributed by atoms with van der Waals surface area (Å²) in [5.74, 6) is 0.137. The first-order valence-corrected chi connectivity index (χ1v) is 7.97. The number of thiazole rings is 1. The monoisotopic (exact) mass is 289 g/mol. The molecule has 0 spiro atoms. The molecule has 2 aromatic rings. The molecule has 20 heavy (non-hydrogen) atoms. The van der Waals surface area contributed by atoms with Crippen molar-refractivity contribution in [2.75, 3.05) is 13.1 Å². The van der Waals surface area contributed by atoms with Crippen LogP contribution in [-0.4, -0.2) is 30.0 Å². The zero-order chi connectivity index (χ0) is 13.8. The van der Waals surface area contributed by atoms with E-state index in [2.05, 4.69) is 21.7 Å². The van der Waals surface area contributed by atoms with Crippen LogP contribution >= 0.6 is 11.3 Å². The molecule has 1 aromatic carbocycles. The molecule has 106 valence electrons. The van der Waals surface area contributed by atoms with E-state index in [1.165, 1.54) is 4.70 Å². The van der Waals surface area contributed by atoms with Gasteiger partial charge in [0, 0.05) is 25.4 Å². The number of rotatable bonds is 4. The Balaban J connectivity index is 1.51. The van der Waals surface area contributed by atoms with Crippen LogP contribution in [0, 0.1) is 0 Å². The number of piperidine rings is 1. The average Bonchev–Trinajstić information content (AvgIpc) is 2.89. The highest BCUT2D eigenvalue weighted by molar-refractivity contribution is 7.18. The molecule has 0 saturated carbocycles. The Bertz CT molecular complexity index is 557. The van der Waals surface area contributed by atoms with Crippen LogP contribution in [0.15, 0.2) is 24.3 Å². The first-order valence-electron chi connectivity index (χ1n) is 7.16. The van der Waals surface area contributed by atoms with E-state index in [0.717, 1.165) is 42.9 Å². The summed E-state index contributed by atoms with van der Waals surface area (Å²) in [7, 11) is 0. The van der Waals surface area contributed by atoms with E-state index in [0.29, 0.717) is 12.5 Å². The first kappa shape index (κ1) is 13.5. The number of fused-ring (bicyclic) bond motifs is 1. The lowest BCUT2D eigenvalue weighted by atomic mass is 10.1. The fourth-order valence-electron chi connectivity index (χ4n) is 2.52. The van der Waals surface area contributed by atoms with E-state index in [-0.39, 0.29) is 5.91 Å². The Kier molecular flexibility index (Phi) is 4.28. The van der Waals surface area contributed by atoms with Gasteiger partial charge in [-0.05, 0) is 31.5 Å². The Morgan fingerprint density at radius 3 is 3.15 bits per heavy atom. The van der Waals surface area contributed by atoms with E-state index in [9.17, 15) is 4.79 Å². The van der Waals surface area contributed by atoms with Gasteiger partial charge < -0.3 is 10.6 Å². The van der Waals surface area contributed by atoms with Crippen molar-refractivity contribution in [3.63, 3.8) is 0 Å². The summed E-state index contributed by atoms with van der Waals surface area (Å²) >= 11 is 1.68. The molecule has 1 aromatic heterocycles. The number of benzene rings is 1. The molecule has 1 aliphatic rings. The van der Waals surface area contributed by atoms with Gasteiger partial charge >= 0.3 is 0 Å². The Hall–Kier alpha value is -1.46. The molecule has 1 saturated heterocycles. The number of para-hydroxylation sites is 1. The van der Waals surface area contributed by atoms with Crippen molar-refractivity contribution in [1.82, 2.24) is 15.6 Å². The summed E-state index contributed by atoms with van der Waals surface area (Å²) in [5, 5.41) is 7.45. The minimum atomic E-state index is 0.137. The number of aromatic nitrogens is 1. The summed E-state index contributed by atoms with van der Waals surface area (Å²) in [4.78, 5) is 16.5. The van der Waals surface area contributed by atoms with Crippen LogP contribution in [-0.2, 0) is 11.2 Å². The maximum Gasteiger partial charge on any atom is 0.220 e. The van der Waals surface area contributed by atoms with Gasteiger partial charge in [-0.2, -0.15) is 0 Å². The number of nitrogens with zero attached hydrogens (tertiary/aromatic N) is 1. The smallest absolute Gasteiger partial charge is 0.220 e. The molecule has 1 aliphatic heterocycles. The van der Waals surface area contributed by atoms with Crippen LogP contribution < -0.4 is 10.6 Å². The van der Waals surface area contributed by atoms with Gasteiger partial charge in [-0.25, -0.2) is 4.98 Å². The number of carbonyl (C=O) groups is 1. The maximum atomic E-state index is 11.9. The third kappa shape index (κ3) is 3.35. The van der Waals surface area contributed by atoms with Crippen molar-refractivity contribution in [3.8, 4) is 0 Å². The molecule has 0 bridgehead atoms. The number of hydrogen-bond donors (Lipinski definition) is 2. The minimum absolute atomic E-state index is 0.137. The topological polar surface area (TPSA) is 54.0 Å². The highest BCUT2D eigenvalue weighted by Gasteiger charge is 2.15. The van der Waals surface area contributed by atoms with Crippen LogP contribution in [0.4, 0.5) is 0 Å². The number of carbonyl (C=O) groups excluding carboxylic acids is 1. The summed E-state index contributed by atoms with van der Waals surface area (Å²) in [6, 6.07) is 8.40. The van der Waals surface area contributed by atoms with E-state index in [1.54, 1.807) is 11.3 Å². The fourth-order valence-corrected chi connectivity index (χ4v) is 3.49. The highest BCUT2D eigenvalue weighted by Crippen LogP contribution is 2.22. The van der Waals surface area contributed by atoms with Gasteiger partial charge in [-0.1, -0.05) is 12.1 Å². The number of nitrogens with one attached hydrogen (secondary N) is 2. The van der Waals surface area contributed by atoms with Crippen LogP contribution in [0.1, 0.15) is 24.3 Å². The molecule has 1 amide bonds. The van der Waals surface area contributed by atoms with E-state index < -0.39 is 0 Å². The molecule has 0 radical (unpaired) electrons. The van der Waals surface area contributed by atoms with E-state index in [1.807, 2.05) is 18.2 Å². The van der Waals surface area contributed by atoms with Crippen molar-refractivity contribution >= 4 is 27.5 Å². The Morgan fingerprint density at radius 2 is 2.35 bits per heavy atom. The number of amides is 1. The largest absolute Gasteiger partial charge is 0.352 e. The molecule has 0 aliphatic carbocycles. The second-order valence-electron chi connectivity index (χ2n) is 5.19. The first-order chi connectivity index (χ1) is 9.81. The minimum Gasteiger partial charge on any atom is -0.352 e. The Labute approximate surface area is 122 Å². The second kappa shape index (κ2) is 6.33. The molecule has 1 fully saturated rings. The van der Waals surface area contributed by atoms with Gasteiger partial charge in [-0.3, -0.25) is 4.79 Å². The zero-order valence-corrected chi connectivity index (χ0v) is 12.2. The molecule has 3 rings (SSSR count). The Morgan fingerprint density at radius 1 is 1.45 bits per heavy atom. The fraction of sp³-hybridized carbons (Fsp3) is 0.467. The maximum absolute atomic E-state index is 11.9. The van der Waals surface area contributed by atoms with E-state index >= 15 is 0 Å². The van der Waals surface area contributed by atoms with Crippen LogP contribution in [0.25, 0.3) is 10.2 Å². The third-order valence-electron chi connectivity index (χ3n) is 3.57. The SMILES string of the molecule is O=C(CCc1nc2ccccc2s1)N[C@H]1CCCNC1. The number of hydrogen-bond acceptors (Lipinski definition) is 4. The highest BCUT2D eigenvalue weighted by atomic mass is 32.1. The molecule has 5 heteroatoms. The van der Waals surface area contributed by atoms with Crippen LogP contribution in [0.2, 0.25) is 0 Å². The summed E-state index contributed by atoms with van der Waals surface area (Å²) in [6.45, 7) is 1.96. The van der Waals surface area contributed by atoms with Gasteiger partial charge in [0.2, 0.25) is 5.91 Å².